The fourth-order valence-corrected chi connectivity index (χ4v) is 8.80. The third-order valence-corrected chi connectivity index (χ3v) is 10.7. The molecule has 8 nitrogen and oxygen atoms in total. The zero-order valence-corrected chi connectivity index (χ0v) is 23.8. The maximum absolute atomic E-state index is 16.1. The molecule has 0 radical (unpaired) electrons. The van der Waals surface area contributed by atoms with Crippen LogP contribution in [0.25, 0.3) is 0 Å². The van der Waals surface area contributed by atoms with Crippen LogP contribution < -0.4 is 11.1 Å². The third-order valence-electron chi connectivity index (χ3n) is 10.7. The second kappa shape index (κ2) is 11.4. The molecule has 0 aromatic carbocycles. The summed E-state index contributed by atoms with van der Waals surface area (Å²) in [6.45, 7) is 2.94. The number of fused-ring (bicyclic) bond motifs is 3. The molecule has 6 rings (SSSR count). The Morgan fingerprint density at radius 3 is 2.62 bits per heavy atom. The van der Waals surface area contributed by atoms with E-state index in [2.05, 4.69) is 20.0 Å². The number of ketones is 1. The Labute approximate surface area is 232 Å². The molecule has 9 unspecified atom stereocenters. The molecule has 6 aliphatic rings. The van der Waals surface area contributed by atoms with Crippen molar-refractivity contribution in [2.24, 2.45) is 23.5 Å². The first-order valence-corrected chi connectivity index (χ1v) is 15.6. The molecular weight excluding hydrogens is 497 g/mol. The van der Waals surface area contributed by atoms with Gasteiger partial charge in [-0.3, -0.25) is 14.5 Å². The summed E-state index contributed by atoms with van der Waals surface area (Å²) in [5, 5.41) is 2.99. The van der Waals surface area contributed by atoms with Crippen LogP contribution in [0.5, 0.6) is 0 Å². The molecule has 39 heavy (non-hydrogen) atoms. The van der Waals surface area contributed by atoms with Gasteiger partial charge in [-0.2, -0.15) is 0 Å². The summed E-state index contributed by atoms with van der Waals surface area (Å²) in [7, 11) is 4.07. The Bertz CT molecular complexity index is 961. The third kappa shape index (κ3) is 5.29. The SMILES string of the molecule is CN(C)CCCCNC(=O)C1=CN2C3CC4CCCCC4CC3OC3C(N4CC[C@@H](N)C4)C(F)CC(C1=O)C32. The average molecular weight is 546 g/mol. The van der Waals surface area contributed by atoms with E-state index in [4.69, 9.17) is 10.5 Å². The van der Waals surface area contributed by atoms with Gasteiger partial charge in [0.15, 0.2) is 5.78 Å². The van der Waals surface area contributed by atoms with Crippen molar-refractivity contribution in [3.05, 3.63) is 11.8 Å². The van der Waals surface area contributed by atoms with E-state index in [0.29, 0.717) is 24.9 Å². The van der Waals surface area contributed by atoms with E-state index in [0.717, 1.165) is 45.2 Å². The Kier molecular flexibility index (Phi) is 8.06. The monoisotopic (exact) mass is 545 g/mol. The minimum Gasteiger partial charge on any atom is -0.369 e. The number of hydrogen-bond acceptors (Lipinski definition) is 7. The first kappa shape index (κ1) is 27.6. The molecule has 2 saturated heterocycles. The lowest BCUT2D eigenvalue weighted by atomic mass is 9.64. The number of likely N-dealkylation sites (tertiary alicyclic amines) is 1. The van der Waals surface area contributed by atoms with Crippen molar-refractivity contribution in [2.45, 2.75) is 107 Å². The maximum atomic E-state index is 16.1. The van der Waals surface area contributed by atoms with E-state index >= 15 is 4.39 Å². The van der Waals surface area contributed by atoms with Gasteiger partial charge in [0.05, 0.1) is 35.9 Å². The molecule has 3 N–H and O–H groups in total. The topological polar surface area (TPSA) is 91.1 Å². The summed E-state index contributed by atoms with van der Waals surface area (Å²) in [5.74, 6) is 0.263. The lowest BCUT2D eigenvalue weighted by Crippen LogP contribution is -2.73. The predicted molar refractivity (Wildman–Crippen MR) is 148 cm³/mol. The number of nitrogens with one attached hydrogen (secondary N) is 1. The van der Waals surface area contributed by atoms with Gasteiger partial charge < -0.3 is 25.6 Å². The van der Waals surface area contributed by atoms with Crippen LogP contribution in [0.4, 0.5) is 4.39 Å². The number of Topliss-reactive ketones (excluding diaryl/α,β-unsaturated/α-hetero) is 1. The predicted octanol–water partition coefficient (Wildman–Crippen LogP) is 2.08. The van der Waals surface area contributed by atoms with Crippen LogP contribution in [-0.2, 0) is 14.3 Å². The number of unbranched alkanes of at least 4 members (excludes halogenated alkanes) is 1. The maximum Gasteiger partial charge on any atom is 0.256 e. The van der Waals surface area contributed by atoms with E-state index in [-0.39, 0.29) is 60.1 Å². The van der Waals surface area contributed by atoms with Crippen molar-refractivity contribution in [1.29, 1.82) is 0 Å². The van der Waals surface area contributed by atoms with E-state index in [1.165, 1.54) is 25.7 Å². The molecule has 9 heteroatoms. The van der Waals surface area contributed by atoms with Gasteiger partial charge in [-0.25, -0.2) is 4.39 Å². The van der Waals surface area contributed by atoms with Crippen molar-refractivity contribution in [1.82, 2.24) is 20.0 Å². The van der Waals surface area contributed by atoms with Gasteiger partial charge in [0.2, 0.25) is 0 Å². The highest BCUT2D eigenvalue weighted by Gasteiger charge is 2.60. The highest BCUT2D eigenvalue weighted by atomic mass is 19.1. The van der Waals surface area contributed by atoms with Crippen LogP contribution in [0.15, 0.2) is 11.8 Å². The van der Waals surface area contributed by atoms with Gasteiger partial charge in [-0.15, -0.1) is 0 Å². The van der Waals surface area contributed by atoms with Crippen molar-refractivity contribution in [3.63, 3.8) is 0 Å². The molecule has 218 valence electrons. The van der Waals surface area contributed by atoms with Crippen LogP contribution in [0, 0.1) is 17.8 Å². The molecule has 3 saturated carbocycles. The molecule has 10 atom stereocenters. The normalized spacial score (nSPS) is 42.0. The summed E-state index contributed by atoms with van der Waals surface area (Å²) in [6, 6.07) is -0.410. The molecule has 3 aliphatic carbocycles. The number of amides is 1. The molecule has 0 aromatic rings. The van der Waals surface area contributed by atoms with Gasteiger partial charge >= 0.3 is 0 Å². The Hall–Kier alpha value is -1.55. The number of alkyl halides is 1. The number of rotatable bonds is 7. The van der Waals surface area contributed by atoms with E-state index in [9.17, 15) is 9.59 Å². The van der Waals surface area contributed by atoms with E-state index < -0.39 is 12.1 Å². The minimum absolute atomic E-state index is 0.00937. The Morgan fingerprint density at radius 2 is 1.90 bits per heavy atom. The fraction of sp³-hybridized carbons (Fsp3) is 0.867. The number of ether oxygens (including phenoxy) is 1. The van der Waals surface area contributed by atoms with Crippen LogP contribution in [0.2, 0.25) is 0 Å². The van der Waals surface area contributed by atoms with Gasteiger partial charge in [-0.1, -0.05) is 25.7 Å². The van der Waals surface area contributed by atoms with Crippen molar-refractivity contribution in [3.8, 4) is 0 Å². The number of nitrogens with zero attached hydrogens (tertiary/aromatic N) is 3. The highest BCUT2D eigenvalue weighted by Crippen LogP contribution is 2.50. The van der Waals surface area contributed by atoms with Crippen molar-refractivity contribution >= 4 is 11.7 Å². The largest absolute Gasteiger partial charge is 0.369 e. The van der Waals surface area contributed by atoms with Gasteiger partial charge in [0, 0.05) is 37.8 Å². The second-order valence-electron chi connectivity index (χ2n) is 13.5. The van der Waals surface area contributed by atoms with Gasteiger partial charge in [0.1, 0.15) is 6.17 Å². The van der Waals surface area contributed by atoms with E-state index in [1.807, 2.05) is 20.3 Å². The molecule has 5 fully saturated rings. The quantitative estimate of drug-likeness (QED) is 0.374. The van der Waals surface area contributed by atoms with Crippen molar-refractivity contribution < 1.29 is 18.7 Å². The van der Waals surface area contributed by atoms with E-state index in [1.54, 1.807) is 0 Å². The number of morpholine rings is 1. The molecule has 0 spiro atoms. The first-order valence-electron chi connectivity index (χ1n) is 15.6. The number of carbonyl (C=O) groups is 2. The first-order chi connectivity index (χ1) is 18.8. The molecule has 1 amide bonds. The van der Waals surface area contributed by atoms with Crippen LogP contribution in [-0.4, -0.2) is 109 Å². The summed E-state index contributed by atoms with van der Waals surface area (Å²) in [6.07, 6.45) is 10.3. The standard InChI is InChI=1S/C30H48FN5O3/c1-34(2)11-6-5-10-33-30(38)22-17-36-24-13-18-7-3-4-8-19(18)14-25(24)39-29-26(36)21(28(22)37)15-23(31)27(29)35-12-9-20(32)16-35/h17-21,23-27,29H,3-16,32H2,1-2H3,(H,33,38)/t18?,19?,20-,21?,23?,24?,25?,26?,27?,29?/m1/s1. The van der Waals surface area contributed by atoms with Crippen LogP contribution in [0.1, 0.15) is 64.2 Å². The minimum atomic E-state index is -1.18. The summed E-state index contributed by atoms with van der Waals surface area (Å²) >= 11 is 0. The van der Waals surface area contributed by atoms with Crippen LogP contribution in [0.3, 0.4) is 0 Å². The fourth-order valence-electron chi connectivity index (χ4n) is 8.80. The number of nitrogens with two attached hydrogens (primary N) is 1. The van der Waals surface area contributed by atoms with Gasteiger partial charge in [-0.05, 0) is 71.0 Å². The molecule has 0 bridgehead atoms. The Morgan fingerprint density at radius 1 is 1.13 bits per heavy atom. The van der Waals surface area contributed by atoms with Crippen LogP contribution >= 0.6 is 0 Å². The molecular formula is C30H48FN5O3. The Balaban J connectivity index is 1.28. The second-order valence-corrected chi connectivity index (χ2v) is 13.5. The summed E-state index contributed by atoms with van der Waals surface area (Å²) in [4.78, 5) is 33.8. The molecule has 0 aromatic heterocycles. The van der Waals surface area contributed by atoms with Gasteiger partial charge in [0.25, 0.3) is 5.91 Å². The average Bonchev–Trinajstić information content (AvgIpc) is 3.33. The number of carbonyl (C=O) groups excluding carboxylic acids is 2. The lowest BCUT2D eigenvalue weighted by molar-refractivity contribution is -0.219. The summed E-state index contributed by atoms with van der Waals surface area (Å²) < 4.78 is 23.0. The highest BCUT2D eigenvalue weighted by molar-refractivity contribution is 6.20. The lowest BCUT2D eigenvalue weighted by Gasteiger charge is -2.61. The number of halogens is 1. The zero-order valence-electron chi connectivity index (χ0n) is 23.8. The number of hydrogen-bond donors (Lipinski definition) is 2. The molecule has 3 heterocycles. The smallest absolute Gasteiger partial charge is 0.256 e. The molecule has 3 aliphatic heterocycles. The van der Waals surface area contributed by atoms with Crippen molar-refractivity contribution in [2.75, 3.05) is 40.3 Å². The summed E-state index contributed by atoms with van der Waals surface area (Å²) in [5.41, 5.74) is 6.45. The zero-order chi connectivity index (χ0) is 27.3.